The quantitative estimate of drug-likeness (QED) is 0.783. The molecule has 1 N–H and O–H groups in total. The maximum absolute atomic E-state index is 11.1. The second-order valence-corrected chi connectivity index (χ2v) is 6.24. The monoisotopic (exact) mass is 215 g/mol. The number of carboxylic acid groups (broad SMARTS) is 1. The zero-order valence-electron chi connectivity index (χ0n) is 11.1. The number of hydrogen-bond acceptors (Lipinski definition) is 2. The van der Waals surface area contributed by atoms with Crippen LogP contribution in [0.1, 0.15) is 41.0 Å². The predicted molar refractivity (Wildman–Crippen MR) is 63.0 cm³/mol. The van der Waals surface area contributed by atoms with Gasteiger partial charge in [-0.15, -0.1) is 0 Å². The van der Waals surface area contributed by atoms with Crippen LogP contribution in [-0.4, -0.2) is 36.1 Å². The Labute approximate surface area is 93.5 Å². The lowest BCUT2D eigenvalue weighted by molar-refractivity contribution is -0.148. The van der Waals surface area contributed by atoms with Crippen LogP contribution >= 0.6 is 0 Å². The van der Waals surface area contributed by atoms with Gasteiger partial charge in [0.15, 0.2) is 0 Å². The van der Waals surface area contributed by atoms with Crippen molar-refractivity contribution in [3.05, 3.63) is 0 Å². The number of carbonyl (C=O) groups is 1. The van der Waals surface area contributed by atoms with Crippen molar-refractivity contribution in [1.29, 1.82) is 0 Å². The molecule has 0 fully saturated rings. The Hall–Kier alpha value is -0.570. The molecule has 0 amide bonds. The Kier molecular flexibility index (Phi) is 4.35. The minimum Gasteiger partial charge on any atom is -0.481 e. The summed E-state index contributed by atoms with van der Waals surface area (Å²) in [6.07, 6.45) is 0.666. The average molecular weight is 215 g/mol. The topological polar surface area (TPSA) is 40.5 Å². The maximum atomic E-state index is 11.1. The van der Waals surface area contributed by atoms with E-state index in [0.29, 0.717) is 6.42 Å². The van der Waals surface area contributed by atoms with Gasteiger partial charge in [0.05, 0.1) is 5.41 Å². The molecule has 0 rings (SSSR count). The minimum atomic E-state index is -0.724. The summed E-state index contributed by atoms with van der Waals surface area (Å²) in [5, 5.41) is 9.12. The zero-order valence-corrected chi connectivity index (χ0v) is 11.1. The van der Waals surface area contributed by atoms with Gasteiger partial charge in [0, 0.05) is 6.04 Å². The van der Waals surface area contributed by atoms with Crippen molar-refractivity contribution in [3.63, 3.8) is 0 Å². The number of nitrogens with zero attached hydrogens (tertiary/aromatic N) is 1. The Morgan fingerprint density at radius 3 is 1.80 bits per heavy atom. The Balaban J connectivity index is 4.79. The summed E-state index contributed by atoms with van der Waals surface area (Å²) in [6, 6.07) is 0.267. The van der Waals surface area contributed by atoms with Gasteiger partial charge >= 0.3 is 5.97 Å². The molecule has 0 saturated heterocycles. The van der Waals surface area contributed by atoms with Gasteiger partial charge in [0.1, 0.15) is 0 Å². The van der Waals surface area contributed by atoms with Gasteiger partial charge in [-0.25, -0.2) is 0 Å². The van der Waals surface area contributed by atoms with Crippen LogP contribution in [0.15, 0.2) is 0 Å². The van der Waals surface area contributed by atoms with Crippen LogP contribution in [0.2, 0.25) is 0 Å². The zero-order chi connectivity index (χ0) is 12.4. The smallest absolute Gasteiger partial charge is 0.309 e. The Morgan fingerprint density at radius 1 is 1.20 bits per heavy atom. The number of rotatable bonds is 4. The summed E-state index contributed by atoms with van der Waals surface area (Å²) in [7, 11) is 4.02. The molecule has 0 saturated carbocycles. The predicted octanol–water partition coefficient (Wildman–Crippen LogP) is 2.46. The third-order valence-electron chi connectivity index (χ3n) is 2.91. The van der Waals surface area contributed by atoms with Crippen molar-refractivity contribution in [2.24, 2.45) is 10.8 Å². The van der Waals surface area contributed by atoms with Crippen LogP contribution in [0, 0.1) is 10.8 Å². The van der Waals surface area contributed by atoms with E-state index < -0.39 is 11.4 Å². The largest absolute Gasteiger partial charge is 0.481 e. The third-order valence-corrected chi connectivity index (χ3v) is 2.91. The highest BCUT2D eigenvalue weighted by atomic mass is 16.4. The van der Waals surface area contributed by atoms with E-state index in [4.69, 9.17) is 5.11 Å². The summed E-state index contributed by atoms with van der Waals surface area (Å²) in [4.78, 5) is 13.2. The van der Waals surface area contributed by atoms with Crippen molar-refractivity contribution in [3.8, 4) is 0 Å². The number of aliphatic carboxylic acids is 1. The van der Waals surface area contributed by atoms with Crippen LogP contribution in [-0.2, 0) is 4.79 Å². The van der Waals surface area contributed by atoms with E-state index in [1.807, 2.05) is 14.1 Å². The normalized spacial score (nSPS) is 15.5. The molecule has 15 heavy (non-hydrogen) atoms. The first-order valence-corrected chi connectivity index (χ1v) is 5.38. The lowest BCUT2D eigenvalue weighted by Crippen LogP contribution is -2.44. The second-order valence-electron chi connectivity index (χ2n) is 6.24. The molecule has 90 valence electrons. The average Bonchev–Trinajstić information content (AvgIpc) is 1.97. The molecule has 1 unspecified atom stereocenters. The van der Waals surface area contributed by atoms with E-state index in [0.717, 1.165) is 0 Å². The fourth-order valence-electron chi connectivity index (χ4n) is 1.83. The molecule has 0 heterocycles. The Bertz CT molecular complexity index is 226. The van der Waals surface area contributed by atoms with Gasteiger partial charge in [0.25, 0.3) is 0 Å². The lowest BCUT2D eigenvalue weighted by atomic mass is 9.75. The lowest BCUT2D eigenvalue weighted by Gasteiger charge is -2.39. The van der Waals surface area contributed by atoms with Crippen molar-refractivity contribution in [1.82, 2.24) is 4.90 Å². The van der Waals surface area contributed by atoms with Gasteiger partial charge in [0.2, 0.25) is 0 Å². The van der Waals surface area contributed by atoms with Crippen LogP contribution in [0.4, 0.5) is 0 Å². The molecule has 0 spiro atoms. The molecule has 0 aliphatic rings. The van der Waals surface area contributed by atoms with Crippen molar-refractivity contribution >= 4 is 5.97 Å². The number of carboxylic acids is 1. The van der Waals surface area contributed by atoms with Gasteiger partial charge in [-0.05, 0) is 39.8 Å². The van der Waals surface area contributed by atoms with E-state index in [9.17, 15) is 4.79 Å². The minimum absolute atomic E-state index is 0.0935. The molecular weight excluding hydrogens is 190 g/mol. The third kappa shape index (κ3) is 4.20. The van der Waals surface area contributed by atoms with E-state index in [1.54, 1.807) is 13.8 Å². The highest BCUT2D eigenvalue weighted by molar-refractivity contribution is 5.73. The summed E-state index contributed by atoms with van der Waals surface area (Å²) >= 11 is 0. The first-order valence-electron chi connectivity index (χ1n) is 5.38. The molecule has 0 aromatic carbocycles. The summed E-state index contributed by atoms with van der Waals surface area (Å²) in [5.41, 5.74) is -0.571. The first kappa shape index (κ1) is 14.4. The highest BCUT2D eigenvalue weighted by Gasteiger charge is 2.36. The molecular formula is C12H25NO2. The van der Waals surface area contributed by atoms with E-state index in [2.05, 4.69) is 25.7 Å². The summed E-state index contributed by atoms with van der Waals surface area (Å²) < 4.78 is 0. The molecule has 1 atom stereocenters. The molecule has 0 aromatic rings. The maximum Gasteiger partial charge on any atom is 0.309 e. The van der Waals surface area contributed by atoms with E-state index in [1.165, 1.54) is 0 Å². The summed E-state index contributed by atoms with van der Waals surface area (Å²) in [6.45, 7) is 10.0. The van der Waals surface area contributed by atoms with Crippen LogP contribution in [0.5, 0.6) is 0 Å². The summed E-state index contributed by atoms with van der Waals surface area (Å²) in [5.74, 6) is -0.724. The fourth-order valence-corrected chi connectivity index (χ4v) is 1.83. The number of hydrogen-bond donors (Lipinski definition) is 1. The SMILES string of the molecule is CN(C)C(CC(C)(C)C(=O)O)C(C)(C)C. The van der Waals surface area contributed by atoms with Crippen molar-refractivity contribution in [2.45, 2.75) is 47.1 Å². The van der Waals surface area contributed by atoms with E-state index >= 15 is 0 Å². The molecule has 0 bridgehead atoms. The molecule has 3 heteroatoms. The molecule has 0 aliphatic carbocycles. The van der Waals surface area contributed by atoms with Crippen LogP contribution in [0.3, 0.4) is 0 Å². The second kappa shape index (κ2) is 4.52. The Morgan fingerprint density at radius 2 is 1.60 bits per heavy atom. The van der Waals surface area contributed by atoms with Gasteiger partial charge in [-0.1, -0.05) is 20.8 Å². The highest BCUT2D eigenvalue weighted by Crippen LogP contribution is 2.33. The van der Waals surface area contributed by atoms with Crippen LogP contribution in [0.25, 0.3) is 0 Å². The fraction of sp³-hybridized carbons (Fsp3) is 0.917. The van der Waals surface area contributed by atoms with Gasteiger partial charge in [-0.3, -0.25) is 4.79 Å². The molecule has 0 aliphatic heterocycles. The standard InChI is InChI=1S/C12H25NO2/c1-11(2,3)9(13(6)7)8-12(4,5)10(14)15/h9H,8H2,1-7H3,(H,14,15). The molecule has 0 aromatic heterocycles. The van der Waals surface area contributed by atoms with Crippen LogP contribution < -0.4 is 0 Å². The van der Waals surface area contributed by atoms with Crippen molar-refractivity contribution < 1.29 is 9.90 Å². The van der Waals surface area contributed by atoms with Gasteiger partial charge in [-0.2, -0.15) is 0 Å². The first-order chi connectivity index (χ1) is 6.48. The molecule has 0 radical (unpaired) electrons. The van der Waals surface area contributed by atoms with Crippen molar-refractivity contribution in [2.75, 3.05) is 14.1 Å². The van der Waals surface area contributed by atoms with Gasteiger partial charge < -0.3 is 10.0 Å². The molecule has 3 nitrogen and oxygen atoms in total. The van der Waals surface area contributed by atoms with E-state index in [-0.39, 0.29) is 11.5 Å².